The number of ether oxygens (including phenoxy) is 4. The predicted octanol–water partition coefficient (Wildman–Crippen LogP) is 3.38. The van der Waals surface area contributed by atoms with Crippen LogP contribution in [-0.4, -0.2) is 26.0 Å². The van der Waals surface area contributed by atoms with Crippen molar-refractivity contribution in [2.24, 2.45) is 0 Å². The number of aromatic amines is 1. The van der Waals surface area contributed by atoms with Crippen LogP contribution in [0.15, 0.2) is 18.2 Å². The highest BCUT2D eigenvalue weighted by Crippen LogP contribution is 2.48. The fraction of sp³-hybridized carbons (Fsp3) is 0.250. The topological polar surface area (TPSA) is 52.7 Å². The van der Waals surface area contributed by atoms with E-state index in [1.165, 1.54) is 0 Å². The smallest absolute Gasteiger partial charge is 0.231 e. The third-order valence-corrected chi connectivity index (χ3v) is 3.93. The summed E-state index contributed by atoms with van der Waals surface area (Å²) in [5, 5.41) is 2.11. The van der Waals surface area contributed by atoms with Crippen LogP contribution in [0.5, 0.6) is 23.0 Å². The lowest BCUT2D eigenvalue weighted by Gasteiger charge is -2.05. The highest BCUT2D eigenvalue weighted by Gasteiger charge is 2.25. The van der Waals surface area contributed by atoms with Crippen molar-refractivity contribution in [3.63, 3.8) is 0 Å². The molecule has 0 saturated heterocycles. The molecule has 1 aromatic heterocycles. The molecular formula is C16H15NO4. The van der Waals surface area contributed by atoms with E-state index in [9.17, 15) is 0 Å². The van der Waals surface area contributed by atoms with Gasteiger partial charge in [-0.25, -0.2) is 0 Å². The maximum Gasteiger partial charge on any atom is 0.231 e. The largest absolute Gasteiger partial charge is 0.494 e. The molecule has 1 aliphatic rings. The highest BCUT2D eigenvalue weighted by molar-refractivity contribution is 6.12. The first-order chi connectivity index (χ1) is 10.2. The molecule has 2 aromatic carbocycles. The standard InChI is InChI=1S/C16H15NO4/c1-8-4-5-9-10-6-11(18-2)15-16(21-7-20-15)13(10)17-12(9)14(8)19-3/h4-6,17H,7H2,1-3H3. The van der Waals surface area contributed by atoms with Crippen LogP contribution in [-0.2, 0) is 0 Å². The van der Waals surface area contributed by atoms with Crippen molar-refractivity contribution in [1.82, 2.24) is 4.98 Å². The summed E-state index contributed by atoms with van der Waals surface area (Å²) in [6, 6.07) is 6.09. The molecule has 0 bridgehead atoms. The summed E-state index contributed by atoms with van der Waals surface area (Å²) in [5.74, 6) is 2.86. The molecule has 0 spiro atoms. The average Bonchev–Trinajstić information content (AvgIpc) is 3.10. The number of hydrogen-bond acceptors (Lipinski definition) is 4. The molecule has 0 radical (unpaired) electrons. The summed E-state index contributed by atoms with van der Waals surface area (Å²) in [7, 11) is 3.31. The van der Waals surface area contributed by atoms with Crippen LogP contribution in [0, 0.1) is 6.92 Å². The van der Waals surface area contributed by atoms with Crippen LogP contribution in [0.25, 0.3) is 21.8 Å². The molecule has 0 atom stereocenters. The van der Waals surface area contributed by atoms with Gasteiger partial charge >= 0.3 is 0 Å². The molecule has 5 nitrogen and oxygen atoms in total. The molecule has 0 unspecified atom stereocenters. The second-order valence-corrected chi connectivity index (χ2v) is 5.03. The zero-order valence-corrected chi connectivity index (χ0v) is 12.1. The van der Waals surface area contributed by atoms with Crippen LogP contribution < -0.4 is 18.9 Å². The Bertz CT molecular complexity index is 866. The van der Waals surface area contributed by atoms with E-state index in [4.69, 9.17) is 18.9 Å². The summed E-state index contributed by atoms with van der Waals surface area (Å²) in [5.41, 5.74) is 2.94. The minimum atomic E-state index is 0.205. The van der Waals surface area contributed by atoms with Crippen molar-refractivity contribution in [1.29, 1.82) is 0 Å². The number of hydrogen-bond donors (Lipinski definition) is 1. The number of aryl methyl sites for hydroxylation is 1. The molecule has 0 fully saturated rings. The summed E-state index contributed by atoms with van der Waals surface area (Å²) < 4.78 is 22.1. The summed E-state index contributed by atoms with van der Waals surface area (Å²) in [6.45, 7) is 2.23. The zero-order valence-electron chi connectivity index (χ0n) is 12.1. The average molecular weight is 285 g/mol. The van der Waals surface area contributed by atoms with Crippen molar-refractivity contribution < 1.29 is 18.9 Å². The third kappa shape index (κ3) is 1.51. The summed E-state index contributed by atoms with van der Waals surface area (Å²) in [6.07, 6.45) is 0. The fourth-order valence-corrected chi connectivity index (χ4v) is 2.95. The SMILES string of the molecule is COc1cc2c([nH]c3c(OC)c(C)ccc32)c2c1OCO2. The maximum absolute atomic E-state index is 5.61. The van der Waals surface area contributed by atoms with E-state index in [0.717, 1.165) is 33.1 Å². The molecule has 4 rings (SSSR count). The summed E-state index contributed by atoms with van der Waals surface area (Å²) >= 11 is 0. The molecule has 5 heteroatoms. The lowest BCUT2D eigenvalue weighted by atomic mass is 10.1. The van der Waals surface area contributed by atoms with E-state index in [2.05, 4.69) is 11.1 Å². The highest BCUT2D eigenvalue weighted by atomic mass is 16.7. The van der Waals surface area contributed by atoms with Crippen LogP contribution in [0.2, 0.25) is 0 Å². The third-order valence-electron chi connectivity index (χ3n) is 3.93. The molecule has 21 heavy (non-hydrogen) atoms. The van der Waals surface area contributed by atoms with E-state index in [-0.39, 0.29) is 6.79 Å². The van der Waals surface area contributed by atoms with Crippen molar-refractivity contribution >= 4 is 21.8 Å². The number of benzene rings is 2. The number of aromatic nitrogens is 1. The van der Waals surface area contributed by atoms with Gasteiger partial charge in [-0.1, -0.05) is 12.1 Å². The molecule has 1 aliphatic heterocycles. The number of H-pyrrole nitrogens is 1. The normalized spacial score (nSPS) is 13.1. The molecular weight excluding hydrogens is 270 g/mol. The second-order valence-electron chi connectivity index (χ2n) is 5.03. The molecule has 3 aromatic rings. The molecule has 0 amide bonds. The van der Waals surface area contributed by atoms with Crippen molar-refractivity contribution in [2.75, 3.05) is 21.0 Å². The molecule has 0 aliphatic carbocycles. The quantitative estimate of drug-likeness (QED) is 0.784. The Hall–Kier alpha value is -2.56. The van der Waals surface area contributed by atoms with E-state index in [1.54, 1.807) is 14.2 Å². The van der Waals surface area contributed by atoms with Gasteiger partial charge < -0.3 is 23.9 Å². The van der Waals surface area contributed by atoms with Crippen LogP contribution in [0.1, 0.15) is 5.56 Å². The Kier molecular flexibility index (Phi) is 2.45. The van der Waals surface area contributed by atoms with E-state index >= 15 is 0 Å². The minimum absolute atomic E-state index is 0.205. The Balaban J connectivity index is 2.18. The minimum Gasteiger partial charge on any atom is -0.494 e. The number of nitrogens with one attached hydrogen (secondary N) is 1. The monoisotopic (exact) mass is 285 g/mol. The van der Waals surface area contributed by atoms with Crippen LogP contribution in [0.3, 0.4) is 0 Å². The Morgan fingerprint density at radius 1 is 1.00 bits per heavy atom. The molecule has 108 valence electrons. The zero-order chi connectivity index (χ0) is 14.6. The van der Waals surface area contributed by atoms with Gasteiger partial charge in [0.05, 0.1) is 25.3 Å². The first-order valence-corrected chi connectivity index (χ1v) is 6.70. The Morgan fingerprint density at radius 2 is 1.81 bits per heavy atom. The first kappa shape index (κ1) is 12.2. The van der Waals surface area contributed by atoms with Crippen molar-refractivity contribution in [2.45, 2.75) is 6.92 Å². The number of methoxy groups -OCH3 is 2. The molecule has 1 N–H and O–H groups in total. The molecule has 0 saturated carbocycles. The first-order valence-electron chi connectivity index (χ1n) is 6.70. The number of rotatable bonds is 2. The van der Waals surface area contributed by atoms with Gasteiger partial charge in [0.15, 0.2) is 11.5 Å². The number of fused-ring (bicyclic) bond motifs is 5. The van der Waals surface area contributed by atoms with Crippen LogP contribution >= 0.6 is 0 Å². The lowest BCUT2D eigenvalue weighted by Crippen LogP contribution is -1.94. The second kappa shape index (κ2) is 4.22. The summed E-state index contributed by atoms with van der Waals surface area (Å²) in [4.78, 5) is 3.40. The maximum atomic E-state index is 5.61. The van der Waals surface area contributed by atoms with E-state index < -0.39 is 0 Å². The Morgan fingerprint density at radius 3 is 2.57 bits per heavy atom. The Labute approximate surface area is 121 Å². The van der Waals surface area contributed by atoms with Gasteiger partial charge in [0.25, 0.3) is 0 Å². The van der Waals surface area contributed by atoms with E-state index in [1.807, 2.05) is 19.1 Å². The van der Waals surface area contributed by atoms with Gasteiger partial charge in [0.2, 0.25) is 12.5 Å². The lowest BCUT2D eigenvalue weighted by molar-refractivity contribution is 0.172. The van der Waals surface area contributed by atoms with Gasteiger partial charge in [-0.05, 0) is 18.6 Å². The molecule has 2 heterocycles. The van der Waals surface area contributed by atoms with Gasteiger partial charge in [-0.2, -0.15) is 0 Å². The van der Waals surface area contributed by atoms with Crippen molar-refractivity contribution in [3.8, 4) is 23.0 Å². The van der Waals surface area contributed by atoms with Gasteiger partial charge in [0, 0.05) is 10.8 Å². The van der Waals surface area contributed by atoms with Gasteiger partial charge in [-0.15, -0.1) is 0 Å². The van der Waals surface area contributed by atoms with Gasteiger partial charge in [-0.3, -0.25) is 0 Å². The van der Waals surface area contributed by atoms with Crippen LogP contribution in [0.4, 0.5) is 0 Å². The van der Waals surface area contributed by atoms with E-state index in [0.29, 0.717) is 17.2 Å². The fourth-order valence-electron chi connectivity index (χ4n) is 2.95. The predicted molar refractivity (Wildman–Crippen MR) is 79.8 cm³/mol. The van der Waals surface area contributed by atoms with Gasteiger partial charge in [0.1, 0.15) is 5.75 Å². The van der Waals surface area contributed by atoms with Crippen molar-refractivity contribution in [3.05, 3.63) is 23.8 Å².